The van der Waals surface area contributed by atoms with Crippen LogP contribution < -0.4 is 10.1 Å². The summed E-state index contributed by atoms with van der Waals surface area (Å²) in [5, 5.41) is 3.46. The molecule has 7 nitrogen and oxygen atoms in total. The number of nitrogens with one attached hydrogen (secondary N) is 1. The van der Waals surface area contributed by atoms with Crippen LogP contribution in [0.2, 0.25) is 0 Å². The highest BCUT2D eigenvalue weighted by Crippen LogP contribution is 2.30. The topological polar surface area (TPSA) is 88.6 Å². The summed E-state index contributed by atoms with van der Waals surface area (Å²) in [5.41, 5.74) is 2.06. The lowest BCUT2D eigenvalue weighted by Gasteiger charge is -2.31. The first kappa shape index (κ1) is 21.7. The smallest absolute Gasteiger partial charge is 0.243 e. The zero-order valence-corrected chi connectivity index (χ0v) is 19.1. The van der Waals surface area contributed by atoms with E-state index in [9.17, 15) is 13.2 Å². The molecule has 1 saturated heterocycles. The zero-order chi connectivity index (χ0) is 22.0. The van der Waals surface area contributed by atoms with E-state index in [4.69, 9.17) is 4.74 Å². The number of aryl methyl sites for hydroxylation is 1. The maximum absolute atomic E-state index is 13.0. The van der Waals surface area contributed by atoms with Gasteiger partial charge in [-0.1, -0.05) is 30.4 Å². The maximum atomic E-state index is 13.0. The Balaban J connectivity index is 1.48. The predicted molar refractivity (Wildman–Crippen MR) is 122 cm³/mol. The van der Waals surface area contributed by atoms with Crippen molar-refractivity contribution in [2.75, 3.05) is 25.5 Å². The Hall–Kier alpha value is -2.49. The van der Waals surface area contributed by atoms with Crippen molar-refractivity contribution in [2.45, 2.75) is 31.1 Å². The van der Waals surface area contributed by atoms with E-state index in [-0.39, 0.29) is 17.3 Å². The van der Waals surface area contributed by atoms with Crippen LogP contribution in [0.5, 0.6) is 5.75 Å². The van der Waals surface area contributed by atoms with Crippen LogP contribution in [-0.4, -0.2) is 43.8 Å². The number of ether oxygens (including phenoxy) is 1. The van der Waals surface area contributed by atoms with Crippen molar-refractivity contribution in [3.8, 4) is 5.75 Å². The van der Waals surface area contributed by atoms with Crippen LogP contribution in [0.3, 0.4) is 0 Å². The Morgan fingerprint density at radius 1 is 1.26 bits per heavy atom. The van der Waals surface area contributed by atoms with Crippen LogP contribution in [0.15, 0.2) is 47.4 Å². The van der Waals surface area contributed by atoms with Gasteiger partial charge in [0, 0.05) is 13.1 Å². The summed E-state index contributed by atoms with van der Waals surface area (Å²) in [6, 6.07) is 12.3. The van der Waals surface area contributed by atoms with Crippen LogP contribution >= 0.6 is 11.3 Å². The summed E-state index contributed by atoms with van der Waals surface area (Å²) in [7, 11) is -2.14. The number of hydrogen-bond acceptors (Lipinski definition) is 6. The van der Waals surface area contributed by atoms with Gasteiger partial charge in [-0.3, -0.25) is 4.79 Å². The van der Waals surface area contributed by atoms with E-state index in [0.29, 0.717) is 30.3 Å². The molecule has 1 aromatic heterocycles. The molecule has 0 bridgehead atoms. The Bertz CT molecular complexity index is 1190. The van der Waals surface area contributed by atoms with Gasteiger partial charge in [0.25, 0.3) is 0 Å². The first-order valence-corrected chi connectivity index (χ1v) is 12.5. The van der Waals surface area contributed by atoms with Crippen molar-refractivity contribution < 1.29 is 17.9 Å². The highest BCUT2D eigenvalue weighted by molar-refractivity contribution is 7.89. The molecule has 9 heteroatoms. The Labute approximate surface area is 186 Å². The van der Waals surface area contributed by atoms with Gasteiger partial charge in [0.2, 0.25) is 15.9 Å². The van der Waals surface area contributed by atoms with E-state index < -0.39 is 15.9 Å². The second-order valence-corrected chi connectivity index (χ2v) is 10.5. The van der Waals surface area contributed by atoms with Crippen molar-refractivity contribution in [3.63, 3.8) is 0 Å². The van der Waals surface area contributed by atoms with Crippen LogP contribution in [0.25, 0.3) is 10.2 Å². The molecule has 0 spiro atoms. The predicted octanol–water partition coefficient (Wildman–Crippen LogP) is 3.91. The van der Waals surface area contributed by atoms with E-state index >= 15 is 0 Å². The number of nitrogens with zero attached hydrogens (tertiary/aromatic N) is 2. The Morgan fingerprint density at radius 3 is 2.74 bits per heavy atom. The normalized spacial score (nSPS) is 17.5. The van der Waals surface area contributed by atoms with Gasteiger partial charge >= 0.3 is 0 Å². The molecular weight excluding hydrogens is 434 g/mol. The number of para-hydroxylation sites is 1. The van der Waals surface area contributed by atoms with Gasteiger partial charge in [0.1, 0.15) is 5.75 Å². The number of carbonyl (C=O) groups excluding carboxylic acids is 1. The number of thiazole rings is 1. The average molecular weight is 460 g/mol. The summed E-state index contributed by atoms with van der Waals surface area (Å²) in [6.07, 6.45) is 2.15. The van der Waals surface area contributed by atoms with E-state index in [0.717, 1.165) is 22.2 Å². The van der Waals surface area contributed by atoms with Crippen LogP contribution in [-0.2, 0) is 21.2 Å². The fraction of sp³-hybridized carbons (Fsp3) is 0.364. The largest absolute Gasteiger partial charge is 0.497 e. The summed E-state index contributed by atoms with van der Waals surface area (Å²) in [4.78, 5) is 17.7. The molecule has 31 heavy (non-hydrogen) atoms. The molecule has 1 atom stereocenters. The summed E-state index contributed by atoms with van der Waals surface area (Å²) >= 11 is 1.44. The molecule has 1 amide bonds. The van der Waals surface area contributed by atoms with Crippen molar-refractivity contribution in [2.24, 2.45) is 5.92 Å². The molecule has 2 heterocycles. The molecule has 2 aromatic carbocycles. The second kappa shape index (κ2) is 8.94. The van der Waals surface area contributed by atoms with Crippen LogP contribution in [0.4, 0.5) is 5.13 Å². The molecule has 1 unspecified atom stereocenters. The molecule has 1 N–H and O–H groups in total. The number of amides is 1. The molecule has 1 aliphatic heterocycles. The number of rotatable bonds is 6. The Morgan fingerprint density at radius 2 is 2.03 bits per heavy atom. The van der Waals surface area contributed by atoms with Crippen molar-refractivity contribution >= 4 is 42.6 Å². The lowest BCUT2D eigenvalue weighted by atomic mass is 9.99. The fourth-order valence-electron chi connectivity index (χ4n) is 3.82. The molecule has 1 fully saturated rings. The number of methoxy groups -OCH3 is 1. The number of piperidine rings is 1. The van der Waals surface area contributed by atoms with Crippen molar-refractivity contribution in [1.29, 1.82) is 0 Å². The Kier molecular flexibility index (Phi) is 6.27. The third kappa shape index (κ3) is 4.44. The van der Waals surface area contributed by atoms with Crippen LogP contribution in [0.1, 0.15) is 25.3 Å². The van der Waals surface area contributed by atoms with Gasteiger partial charge in [0.15, 0.2) is 5.13 Å². The lowest BCUT2D eigenvalue weighted by Crippen LogP contribution is -2.43. The third-order valence-corrected chi connectivity index (χ3v) is 8.38. The number of hydrogen-bond donors (Lipinski definition) is 1. The zero-order valence-electron chi connectivity index (χ0n) is 17.5. The van der Waals surface area contributed by atoms with Crippen molar-refractivity contribution in [1.82, 2.24) is 9.29 Å². The average Bonchev–Trinajstić information content (AvgIpc) is 3.21. The molecule has 0 aliphatic carbocycles. The van der Waals surface area contributed by atoms with E-state index in [1.54, 1.807) is 12.1 Å². The molecule has 0 radical (unpaired) electrons. The maximum Gasteiger partial charge on any atom is 0.243 e. The highest BCUT2D eigenvalue weighted by Gasteiger charge is 2.33. The number of sulfonamides is 1. The molecule has 4 rings (SSSR count). The SMILES string of the molecule is CCc1cccc2sc(NC(=O)C3CCCN(S(=O)(=O)c4ccc(OC)cc4)C3)nc12. The number of carbonyl (C=O) groups is 1. The highest BCUT2D eigenvalue weighted by atomic mass is 32.2. The summed E-state index contributed by atoms with van der Waals surface area (Å²) in [5.74, 6) is -0.0110. The second-order valence-electron chi connectivity index (χ2n) is 7.50. The molecule has 164 valence electrons. The number of anilines is 1. The van der Waals surface area contributed by atoms with Gasteiger partial charge in [-0.25, -0.2) is 13.4 Å². The fourth-order valence-corrected chi connectivity index (χ4v) is 6.26. The number of benzene rings is 2. The van der Waals surface area contributed by atoms with Gasteiger partial charge in [0.05, 0.1) is 28.1 Å². The van der Waals surface area contributed by atoms with Gasteiger partial charge in [-0.15, -0.1) is 0 Å². The third-order valence-electron chi connectivity index (χ3n) is 5.57. The number of fused-ring (bicyclic) bond motifs is 1. The molecule has 1 aliphatic rings. The minimum absolute atomic E-state index is 0.158. The standard InChI is InChI=1S/C22H25N3O4S2/c1-3-15-6-4-8-19-20(15)23-22(30-19)24-21(26)16-7-5-13-25(14-16)31(27,28)18-11-9-17(29-2)10-12-18/h4,6,8-12,16H,3,5,7,13-14H2,1-2H3,(H,23,24,26). The molecule has 3 aromatic rings. The first-order valence-electron chi connectivity index (χ1n) is 10.3. The minimum Gasteiger partial charge on any atom is -0.497 e. The van der Waals surface area contributed by atoms with Crippen LogP contribution in [0, 0.1) is 5.92 Å². The molecule has 0 saturated carbocycles. The van der Waals surface area contributed by atoms with E-state index in [1.807, 2.05) is 18.2 Å². The van der Waals surface area contributed by atoms with Gasteiger partial charge in [-0.05, 0) is 55.2 Å². The van der Waals surface area contributed by atoms with Crippen molar-refractivity contribution in [3.05, 3.63) is 48.0 Å². The monoisotopic (exact) mass is 459 g/mol. The minimum atomic E-state index is -3.67. The van der Waals surface area contributed by atoms with E-state index in [1.165, 1.54) is 34.9 Å². The van der Waals surface area contributed by atoms with E-state index in [2.05, 4.69) is 17.2 Å². The quantitative estimate of drug-likeness (QED) is 0.604. The summed E-state index contributed by atoms with van der Waals surface area (Å²) in [6.45, 7) is 2.64. The van der Waals surface area contributed by atoms with Gasteiger partial charge < -0.3 is 10.1 Å². The molecular formula is C22H25N3O4S2. The number of aromatic nitrogens is 1. The summed E-state index contributed by atoms with van der Waals surface area (Å²) < 4.78 is 33.6. The first-order chi connectivity index (χ1) is 14.9. The van der Waals surface area contributed by atoms with Gasteiger partial charge in [-0.2, -0.15) is 4.31 Å². The lowest BCUT2D eigenvalue weighted by molar-refractivity contribution is -0.120.